The average molecular weight is 279 g/mol. The van der Waals surface area contributed by atoms with Gasteiger partial charge in [0, 0.05) is 17.3 Å². The molecule has 2 N–H and O–H groups in total. The molecule has 1 aliphatic carbocycles. The minimum absolute atomic E-state index is 0.0973. The fourth-order valence-electron chi connectivity index (χ4n) is 2.17. The molecular formula is C16H25NOS. The molecule has 0 aliphatic heterocycles. The maximum absolute atomic E-state index is 9.55. The summed E-state index contributed by atoms with van der Waals surface area (Å²) in [7, 11) is 0. The van der Waals surface area contributed by atoms with E-state index in [9.17, 15) is 5.11 Å². The first-order valence-corrected chi connectivity index (χ1v) is 8.29. The Hall–Kier alpha value is -0.510. The van der Waals surface area contributed by atoms with Gasteiger partial charge in [-0.1, -0.05) is 24.3 Å². The fraction of sp³-hybridized carbons (Fsp3) is 0.625. The number of nitrogens with one attached hydrogen (secondary N) is 1. The molecule has 1 saturated carbocycles. The summed E-state index contributed by atoms with van der Waals surface area (Å²) in [6.45, 7) is 4.54. The molecule has 0 amide bonds. The maximum atomic E-state index is 9.55. The first kappa shape index (κ1) is 14.9. The van der Waals surface area contributed by atoms with Crippen LogP contribution >= 0.6 is 11.8 Å². The van der Waals surface area contributed by atoms with Crippen LogP contribution in [0.3, 0.4) is 0 Å². The van der Waals surface area contributed by atoms with Gasteiger partial charge in [-0.3, -0.25) is 0 Å². The van der Waals surface area contributed by atoms with Gasteiger partial charge in [-0.15, -0.1) is 0 Å². The molecule has 19 heavy (non-hydrogen) atoms. The summed E-state index contributed by atoms with van der Waals surface area (Å²) >= 11 is 1.96. The van der Waals surface area contributed by atoms with Gasteiger partial charge in [0.15, 0.2) is 0 Å². The second-order valence-electron chi connectivity index (χ2n) is 5.87. The maximum Gasteiger partial charge on any atom is 0.0610 e. The number of hydrogen-bond donors (Lipinski definition) is 2. The summed E-state index contributed by atoms with van der Waals surface area (Å²) in [5, 5.41) is 13.1. The van der Waals surface area contributed by atoms with Gasteiger partial charge >= 0.3 is 0 Å². The van der Waals surface area contributed by atoms with Crippen LogP contribution < -0.4 is 5.32 Å². The molecule has 0 heterocycles. The highest BCUT2D eigenvalue weighted by Crippen LogP contribution is 2.25. The molecule has 106 valence electrons. The molecule has 1 unspecified atom stereocenters. The normalized spacial score (nSPS) is 18.3. The Bertz CT molecular complexity index is 405. The van der Waals surface area contributed by atoms with Gasteiger partial charge in [0.05, 0.1) is 6.61 Å². The lowest BCUT2D eigenvalue weighted by atomic mass is 10.0. The van der Waals surface area contributed by atoms with Crippen molar-refractivity contribution in [1.82, 2.24) is 5.32 Å². The zero-order chi connectivity index (χ0) is 13.7. The quantitative estimate of drug-likeness (QED) is 0.717. The topological polar surface area (TPSA) is 32.3 Å². The predicted molar refractivity (Wildman–Crippen MR) is 83.6 cm³/mol. The van der Waals surface area contributed by atoms with E-state index >= 15 is 0 Å². The highest BCUT2D eigenvalue weighted by atomic mass is 32.2. The summed E-state index contributed by atoms with van der Waals surface area (Å²) in [4.78, 5) is 0. The van der Waals surface area contributed by atoms with E-state index in [1.165, 1.54) is 24.0 Å². The number of hydrogen-bond acceptors (Lipinski definition) is 3. The van der Waals surface area contributed by atoms with Crippen molar-refractivity contribution >= 4 is 11.8 Å². The molecule has 0 aromatic heterocycles. The number of aryl methyl sites for hydroxylation is 1. The summed E-state index contributed by atoms with van der Waals surface area (Å²) in [5.74, 6) is 2.16. The number of rotatable bonds is 8. The van der Waals surface area contributed by atoms with Crippen LogP contribution in [0.1, 0.15) is 37.3 Å². The Labute approximate surface area is 121 Å². The van der Waals surface area contributed by atoms with Gasteiger partial charge in [-0.2, -0.15) is 11.8 Å². The summed E-state index contributed by atoms with van der Waals surface area (Å²) in [6.07, 6.45) is 3.56. The SMILES string of the molecule is Cc1ccccc1CSCCC(C)(CO)NC1CC1. The van der Waals surface area contributed by atoms with Crippen LogP contribution in [0.4, 0.5) is 0 Å². The highest BCUT2D eigenvalue weighted by Gasteiger charge is 2.31. The lowest BCUT2D eigenvalue weighted by Gasteiger charge is -2.29. The van der Waals surface area contributed by atoms with Gasteiger partial charge in [-0.05, 0) is 50.0 Å². The van der Waals surface area contributed by atoms with Crippen molar-refractivity contribution in [2.75, 3.05) is 12.4 Å². The van der Waals surface area contributed by atoms with Crippen molar-refractivity contribution in [2.24, 2.45) is 0 Å². The predicted octanol–water partition coefficient (Wildman–Crippen LogP) is 3.12. The van der Waals surface area contributed by atoms with E-state index in [2.05, 4.69) is 43.4 Å². The number of aliphatic hydroxyl groups is 1. The fourth-order valence-corrected chi connectivity index (χ4v) is 3.45. The molecule has 1 aliphatic rings. The van der Waals surface area contributed by atoms with Gasteiger partial charge in [0.1, 0.15) is 0 Å². The third kappa shape index (κ3) is 4.83. The van der Waals surface area contributed by atoms with Crippen molar-refractivity contribution in [3.63, 3.8) is 0 Å². The second kappa shape index (κ2) is 6.78. The molecule has 1 aromatic rings. The van der Waals surface area contributed by atoms with Gasteiger partial charge in [0.2, 0.25) is 0 Å². The van der Waals surface area contributed by atoms with Crippen LogP contribution in [-0.4, -0.2) is 29.0 Å². The summed E-state index contributed by atoms with van der Waals surface area (Å²) in [6, 6.07) is 9.22. The van der Waals surface area contributed by atoms with E-state index in [-0.39, 0.29) is 12.1 Å². The van der Waals surface area contributed by atoms with Crippen LogP contribution in [0.2, 0.25) is 0 Å². The molecule has 0 bridgehead atoms. The van der Waals surface area contributed by atoms with Gasteiger partial charge in [-0.25, -0.2) is 0 Å². The summed E-state index contributed by atoms with van der Waals surface area (Å²) in [5.41, 5.74) is 2.70. The molecule has 1 atom stereocenters. The molecule has 1 fully saturated rings. The lowest BCUT2D eigenvalue weighted by Crippen LogP contribution is -2.47. The van der Waals surface area contributed by atoms with E-state index in [0.717, 1.165) is 17.9 Å². The largest absolute Gasteiger partial charge is 0.394 e. The molecule has 1 aromatic carbocycles. The average Bonchev–Trinajstić information content (AvgIpc) is 3.20. The van der Waals surface area contributed by atoms with Crippen LogP contribution in [0.5, 0.6) is 0 Å². The molecule has 0 radical (unpaired) electrons. The lowest BCUT2D eigenvalue weighted by molar-refractivity contribution is 0.169. The number of aliphatic hydroxyl groups excluding tert-OH is 1. The van der Waals surface area contributed by atoms with E-state index in [4.69, 9.17) is 0 Å². The summed E-state index contributed by atoms with van der Waals surface area (Å²) < 4.78 is 0. The molecule has 2 nitrogen and oxygen atoms in total. The minimum Gasteiger partial charge on any atom is -0.394 e. The van der Waals surface area contributed by atoms with Crippen LogP contribution in [0.25, 0.3) is 0 Å². The molecule has 2 rings (SSSR count). The molecule has 3 heteroatoms. The van der Waals surface area contributed by atoms with Crippen molar-refractivity contribution in [2.45, 2.75) is 50.4 Å². The first-order valence-electron chi connectivity index (χ1n) is 7.14. The zero-order valence-electron chi connectivity index (χ0n) is 12.0. The van der Waals surface area contributed by atoms with Crippen molar-refractivity contribution in [3.05, 3.63) is 35.4 Å². The van der Waals surface area contributed by atoms with Crippen molar-refractivity contribution in [1.29, 1.82) is 0 Å². The monoisotopic (exact) mass is 279 g/mol. The van der Waals surface area contributed by atoms with Crippen LogP contribution in [-0.2, 0) is 5.75 Å². The third-order valence-electron chi connectivity index (χ3n) is 3.80. The van der Waals surface area contributed by atoms with Crippen molar-refractivity contribution in [3.8, 4) is 0 Å². The Morgan fingerprint density at radius 2 is 2.11 bits per heavy atom. The zero-order valence-corrected chi connectivity index (χ0v) is 12.8. The second-order valence-corrected chi connectivity index (χ2v) is 6.97. The number of thioether (sulfide) groups is 1. The Morgan fingerprint density at radius 3 is 2.74 bits per heavy atom. The first-order chi connectivity index (χ1) is 9.13. The Balaban J connectivity index is 1.72. The van der Waals surface area contributed by atoms with Gasteiger partial charge in [0.25, 0.3) is 0 Å². The Kier molecular flexibility index (Phi) is 5.31. The minimum atomic E-state index is -0.0973. The molecule has 0 spiro atoms. The molecular weight excluding hydrogens is 254 g/mol. The van der Waals surface area contributed by atoms with Gasteiger partial charge < -0.3 is 10.4 Å². The standard InChI is InChI=1S/C16H25NOS/c1-13-5-3-4-6-14(13)11-19-10-9-16(2,12-18)17-15-7-8-15/h3-6,15,17-18H,7-12H2,1-2H3. The van der Waals surface area contributed by atoms with Crippen LogP contribution in [0.15, 0.2) is 24.3 Å². The van der Waals surface area contributed by atoms with E-state index in [1.54, 1.807) is 0 Å². The van der Waals surface area contributed by atoms with Crippen molar-refractivity contribution < 1.29 is 5.11 Å². The van der Waals surface area contributed by atoms with E-state index in [1.807, 2.05) is 11.8 Å². The number of benzene rings is 1. The third-order valence-corrected chi connectivity index (χ3v) is 4.80. The van der Waals surface area contributed by atoms with E-state index in [0.29, 0.717) is 6.04 Å². The molecule has 0 saturated heterocycles. The van der Waals surface area contributed by atoms with E-state index < -0.39 is 0 Å². The Morgan fingerprint density at radius 1 is 1.37 bits per heavy atom. The van der Waals surface area contributed by atoms with Crippen LogP contribution in [0, 0.1) is 6.92 Å². The smallest absolute Gasteiger partial charge is 0.0610 e. The highest BCUT2D eigenvalue weighted by molar-refractivity contribution is 7.98.